The van der Waals surface area contributed by atoms with Crippen molar-refractivity contribution in [3.8, 4) is 0 Å². The number of fused-ring (bicyclic) bond motifs is 1. The van der Waals surface area contributed by atoms with Crippen molar-refractivity contribution in [3.63, 3.8) is 0 Å². The van der Waals surface area contributed by atoms with Crippen molar-refractivity contribution in [2.24, 2.45) is 17.8 Å². The molecule has 1 fully saturated rings. The molecule has 0 saturated carbocycles. The third kappa shape index (κ3) is 11.4. The minimum atomic E-state index is -1.70. The summed E-state index contributed by atoms with van der Waals surface area (Å²) in [5.74, 6) is -1.49. The largest absolute Gasteiger partial charge is 0.457 e. The van der Waals surface area contributed by atoms with Crippen molar-refractivity contribution in [2.75, 3.05) is 6.61 Å². The molecule has 8 nitrogen and oxygen atoms in total. The van der Waals surface area contributed by atoms with Gasteiger partial charge in [0.25, 0.3) is 0 Å². The number of aliphatic hydroxyl groups is 4. The lowest BCUT2D eigenvalue weighted by Crippen LogP contribution is -2.41. The second-order valence-electron chi connectivity index (χ2n) is 11.9. The summed E-state index contributed by atoms with van der Waals surface area (Å²) in [6.45, 7) is 13.1. The minimum absolute atomic E-state index is 0.00630. The summed E-state index contributed by atoms with van der Waals surface area (Å²) in [5.41, 5.74) is 2.47. The van der Waals surface area contributed by atoms with E-state index in [-0.39, 0.29) is 31.0 Å². The lowest BCUT2D eigenvalue weighted by atomic mass is 9.88. The molecule has 0 amide bonds. The third-order valence-corrected chi connectivity index (χ3v) is 7.92. The predicted octanol–water partition coefficient (Wildman–Crippen LogP) is 3.97. The first-order valence-electron chi connectivity index (χ1n) is 14.6. The lowest BCUT2D eigenvalue weighted by Gasteiger charge is -2.27. The molecule has 0 aliphatic carbocycles. The summed E-state index contributed by atoms with van der Waals surface area (Å²) >= 11 is 0. The maximum atomic E-state index is 12.6. The van der Waals surface area contributed by atoms with E-state index in [1.807, 2.05) is 19.9 Å². The van der Waals surface area contributed by atoms with Gasteiger partial charge >= 0.3 is 5.97 Å². The molecule has 4 N–H and O–H groups in total. The standard InChI is InChI=1S/C32H50O8/c1-19-12-20(2)14-29-28(40-29)11-9-7-8-10-21(3)32(38)39-26(18-33)16-24(6)30(36)31(37)27(35)17-25(34)15-23(5)22(4)13-19/h9-11,13,20,23-26,28-31,33-34,36-37H,1,7-8,12,14-18H2,2-6H3/b11-9+,21-10+,22-13+/t20?,23-,24+,25-,26+,28-,29-,30-,31-/m0/s1. The lowest BCUT2D eigenvalue weighted by molar-refractivity contribution is -0.149. The van der Waals surface area contributed by atoms with E-state index in [2.05, 4.69) is 25.7 Å². The highest BCUT2D eigenvalue weighted by molar-refractivity contribution is 5.87. The number of ether oxygens (including phenoxy) is 2. The highest BCUT2D eigenvalue weighted by Crippen LogP contribution is 2.32. The quantitative estimate of drug-likeness (QED) is 0.214. The average molecular weight is 563 g/mol. The van der Waals surface area contributed by atoms with Gasteiger partial charge in [0.05, 0.1) is 24.9 Å². The van der Waals surface area contributed by atoms with Gasteiger partial charge in [0.1, 0.15) is 18.3 Å². The van der Waals surface area contributed by atoms with Crippen molar-refractivity contribution in [1.82, 2.24) is 0 Å². The second-order valence-corrected chi connectivity index (χ2v) is 11.9. The van der Waals surface area contributed by atoms with Crippen LogP contribution in [0.3, 0.4) is 0 Å². The Morgan fingerprint density at radius 2 is 1.70 bits per heavy atom. The van der Waals surface area contributed by atoms with Crippen LogP contribution >= 0.6 is 0 Å². The zero-order chi connectivity index (χ0) is 30.0. The first-order chi connectivity index (χ1) is 18.8. The molecular weight excluding hydrogens is 512 g/mol. The summed E-state index contributed by atoms with van der Waals surface area (Å²) < 4.78 is 11.2. The SMILES string of the molecule is C=C1/C=C(\C)[C@@H](C)C[C@H](O)CC(=O)[C@H](O)[C@@H](O)[C@H](C)C[C@H](CO)OC(=O)/C(C)=C/CC/C=C/[C@@H]2O[C@H]2CC(C)C1. The van der Waals surface area contributed by atoms with Gasteiger partial charge in [-0.25, -0.2) is 4.79 Å². The predicted molar refractivity (Wildman–Crippen MR) is 154 cm³/mol. The fraction of sp³-hybridized carbons (Fsp3) is 0.688. The Morgan fingerprint density at radius 3 is 2.38 bits per heavy atom. The van der Waals surface area contributed by atoms with Crippen LogP contribution < -0.4 is 0 Å². The van der Waals surface area contributed by atoms with Gasteiger partial charge in [-0.1, -0.05) is 62.8 Å². The Morgan fingerprint density at radius 1 is 1.00 bits per heavy atom. The van der Waals surface area contributed by atoms with Crippen LogP contribution in [0.1, 0.15) is 79.6 Å². The summed E-state index contributed by atoms with van der Waals surface area (Å²) in [7, 11) is 0. The maximum absolute atomic E-state index is 12.6. The van der Waals surface area contributed by atoms with Gasteiger partial charge in [-0.3, -0.25) is 4.79 Å². The molecule has 0 spiro atoms. The van der Waals surface area contributed by atoms with Crippen LogP contribution in [0.15, 0.2) is 47.6 Å². The van der Waals surface area contributed by atoms with Crippen LogP contribution in [-0.2, 0) is 19.1 Å². The number of carbonyl (C=O) groups is 2. The van der Waals surface area contributed by atoms with E-state index in [1.165, 1.54) is 0 Å². The van der Waals surface area contributed by atoms with Gasteiger partial charge in [-0.05, 0) is 70.1 Å². The molecule has 0 bridgehead atoms. The number of epoxide rings is 1. The van der Waals surface area contributed by atoms with Gasteiger partial charge in [0, 0.05) is 12.0 Å². The number of carbonyl (C=O) groups excluding carboxylic acids is 2. The number of esters is 1. The Bertz CT molecular complexity index is 951. The van der Waals surface area contributed by atoms with Crippen molar-refractivity contribution in [1.29, 1.82) is 0 Å². The van der Waals surface area contributed by atoms with E-state index in [0.29, 0.717) is 24.3 Å². The summed E-state index contributed by atoms with van der Waals surface area (Å²) in [5, 5.41) is 41.3. The molecule has 1 unspecified atom stereocenters. The van der Waals surface area contributed by atoms with Crippen LogP contribution in [0.5, 0.6) is 0 Å². The number of allylic oxidation sites excluding steroid dienone is 5. The molecule has 2 aliphatic rings. The molecule has 2 aliphatic heterocycles. The Balaban J connectivity index is 2.13. The van der Waals surface area contributed by atoms with Gasteiger partial charge in [0.2, 0.25) is 0 Å². The van der Waals surface area contributed by atoms with Gasteiger partial charge in [-0.2, -0.15) is 0 Å². The zero-order valence-corrected chi connectivity index (χ0v) is 24.8. The van der Waals surface area contributed by atoms with Gasteiger partial charge in [0.15, 0.2) is 5.78 Å². The molecule has 2 rings (SSSR count). The number of hydrogen-bond acceptors (Lipinski definition) is 8. The van der Waals surface area contributed by atoms with E-state index in [1.54, 1.807) is 19.9 Å². The highest BCUT2D eigenvalue weighted by atomic mass is 16.6. The molecule has 0 aromatic carbocycles. The van der Waals surface area contributed by atoms with Crippen LogP contribution in [0.4, 0.5) is 0 Å². The van der Waals surface area contributed by atoms with Crippen molar-refractivity contribution < 1.29 is 39.5 Å². The van der Waals surface area contributed by atoms with Crippen LogP contribution in [-0.4, -0.2) is 75.4 Å². The van der Waals surface area contributed by atoms with E-state index < -0.39 is 48.7 Å². The Kier molecular flexibility index (Phi) is 14.0. The van der Waals surface area contributed by atoms with Gasteiger partial charge in [-0.15, -0.1) is 0 Å². The van der Waals surface area contributed by atoms with Crippen molar-refractivity contribution in [3.05, 3.63) is 47.6 Å². The molecular formula is C32H50O8. The summed E-state index contributed by atoms with van der Waals surface area (Å²) in [6, 6.07) is 0. The Hall–Kier alpha value is -2.10. The zero-order valence-electron chi connectivity index (χ0n) is 24.8. The number of hydrogen-bond donors (Lipinski definition) is 4. The second kappa shape index (κ2) is 16.4. The number of rotatable bonds is 1. The number of ketones is 1. The molecule has 40 heavy (non-hydrogen) atoms. The fourth-order valence-electron chi connectivity index (χ4n) is 5.17. The third-order valence-electron chi connectivity index (χ3n) is 7.92. The van der Waals surface area contributed by atoms with Gasteiger partial charge < -0.3 is 29.9 Å². The molecule has 1 saturated heterocycles. The first kappa shape index (κ1) is 34.1. The van der Waals surface area contributed by atoms with Crippen LogP contribution in [0, 0.1) is 17.8 Å². The number of Topliss-reactive ketones (excluding diaryl/α,β-unsaturated/α-hetero) is 1. The number of cyclic esters (lactones) is 1. The molecule has 2 heterocycles. The molecule has 9 atom stereocenters. The normalized spacial score (nSPS) is 40.1. The first-order valence-corrected chi connectivity index (χ1v) is 14.6. The van der Waals surface area contributed by atoms with Crippen molar-refractivity contribution >= 4 is 11.8 Å². The van der Waals surface area contributed by atoms with E-state index >= 15 is 0 Å². The molecule has 226 valence electrons. The summed E-state index contributed by atoms with van der Waals surface area (Å²) in [6.07, 6.45) is 6.52. The van der Waals surface area contributed by atoms with E-state index in [4.69, 9.17) is 9.47 Å². The fourth-order valence-corrected chi connectivity index (χ4v) is 5.17. The smallest absolute Gasteiger partial charge is 0.333 e. The highest BCUT2D eigenvalue weighted by Gasteiger charge is 2.37. The topological polar surface area (TPSA) is 137 Å². The molecule has 8 heteroatoms. The molecule has 0 aromatic rings. The molecule has 0 radical (unpaired) electrons. The minimum Gasteiger partial charge on any atom is -0.457 e. The number of aliphatic hydroxyl groups excluding tert-OH is 4. The maximum Gasteiger partial charge on any atom is 0.333 e. The average Bonchev–Trinajstić information content (AvgIpc) is 3.62. The Labute approximate surface area is 239 Å². The van der Waals surface area contributed by atoms with Crippen molar-refractivity contribution in [2.45, 2.75) is 116 Å². The summed E-state index contributed by atoms with van der Waals surface area (Å²) in [4.78, 5) is 25.1. The monoisotopic (exact) mass is 562 g/mol. The van der Waals surface area contributed by atoms with Crippen LogP contribution in [0.25, 0.3) is 0 Å². The van der Waals surface area contributed by atoms with Crippen LogP contribution in [0.2, 0.25) is 0 Å². The van der Waals surface area contributed by atoms with E-state index in [0.717, 1.165) is 30.4 Å². The molecule has 0 aromatic heterocycles. The van der Waals surface area contributed by atoms with E-state index in [9.17, 15) is 30.0 Å².